The molecule has 2 aliphatic heterocycles. The van der Waals surface area contributed by atoms with Crippen molar-refractivity contribution >= 4 is 17.8 Å². The van der Waals surface area contributed by atoms with Gasteiger partial charge in [-0.1, -0.05) is 0 Å². The largest absolute Gasteiger partial charge is 0.444 e. The van der Waals surface area contributed by atoms with Crippen LogP contribution in [-0.4, -0.2) is 52.1 Å². The third-order valence-electron chi connectivity index (χ3n) is 6.45. The molecule has 1 saturated carbocycles. The van der Waals surface area contributed by atoms with Gasteiger partial charge in [-0.3, -0.25) is 14.7 Å². The number of anilines is 1. The van der Waals surface area contributed by atoms with Gasteiger partial charge in [0.1, 0.15) is 5.60 Å². The number of amides is 2. The van der Waals surface area contributed by atoms with Crippen LogP contribution in [0, 0.1) is 17.3 Å². The second-order valence-electron chi connectivity index (χ2n) is 9.51. The van der Waals surface area contributed by atoms with E-state index in [0.717, 1.165) is 12.8 Å². The highest BCUT2D eigenvalue weighted by molar-refractivity contribution is 5.95. The highest BCUT2D eigenvalue weighted by Gasteiger charge is 2.60. The molecule has 164 valence electrons. The van der Waals surface area contributed by atoms with Gasteiger partial charge >= 0.3 is 12.3 Å². The van der Waals surface area contributed by atoms with Crippen molar-refractivity contribution in [3.63, 3.8) is 0 Å². The van der Waals surface area contributed by atoms with Crippen molar-refractivity contribution in [1.29, 1.82) is 0 Å². The molecule has 0 radical (unpaired) electrons. The Bertz CT molecular complexity index is 854. The van der Waals surface area contributed by atoms with Crippen LogP contribution in [-0.2, 0) is 15.7 Å². The number of piperidine rings is 1. The van der Waals surface area contributed by atoms with Crippen molar-refractivity contribution in [2.75, 3.05) is 24.5 Å². The van der Waals surface area contributed by atoms with Crippen LogP contribution in [0.5, 0.6) is 0 Å². The molecule has 2 amide bonds. The maximum absolute atomic E-state index is 13.0. The Morgan fingerprint density at radius 3 is 2.37 bits per heavy atom. The molecule has 4 rings (SSSR count). The first-order valence-electron chi connectivity index (χ1n) is 10.1. The van der Waals surface area contributed by atoms with Crippen molar-refractivity contribution in [2.45, 2.75) is 51.8 Å². The molecule has 2 unspecified atom stereocenters. The third kappa shape index (κ3) is 3.60. The minimum atomic E-state index is -4.62. The number of likely N-dealkylation sites (tertiary alicyclic amines) is 1. The molecule has 2 saturated heterocycles. The predicted octanol–water partition coefficient (Wildman–Crippen LogP) is 3.50. The van der Waals surface area contributed by atoms with E-state index in [2.05, 4.69) is 9.97 Å². The fraction of sp³-hybridized carbons (Fsp3) is 0.700. The standard InChI is InChI=1S/C20H25F3N4O3/c1-18(2,3)30-17(29)26-9-12-4-5-13(10-26)19(12)6-16(28)27(11-19)15-8-24-7-14(25-15)20(21,22)23/h7-8,12-13H,4-6,9-11H2,1-3H3. The molecule has 2 atom stereocenters. The normalized spacial score (nSPS) is 29.1. The van der Waals surface area contributed by atoms with E-state index in [1.807, 2.05) is 20.8 Å². The average molecular weight is 426 g/mol. The van der Waals surface area contributed by atoms with Gasteiger partial charge in [-0.25, -0.2) is 9.78 Å². The van der Waals surface area contributed by atoms with Crippen LogP contribution in [0.2, 0.25) is 0 Å². The molecular formula is C20H25F3N4O3. The molecule has 1 aliphatic carbocycles. The van der Waals surface area contributed by atoms with E-state index in [1.54, 1.807) is 4.90 Å². The second-order valence-corrected chi connectivity index (χ2v) is 9.51. The van der Waals surface area contributed by atoms with Gasteiger partial charge in [0, 0.05) is 31.5 Å². The first-order chi connectivity index (χ1) is 13.9. The molecule has 3 aliphatic rings. The maximum Gasteiger partial charge on any atom is 0.434 e. The maximum atomic E-state index is 13.0. The molecule has 10 heteroatoms. The molecule has 3 heterocycles. The fourth-order valence-electron chi connectivity index (χ4n) is 5.13. The Hall–Kier alpha value is -2.39. The van der Waals surface area contributed by atoms with E-state index >= 15 is 0 Å². The summed E-state index contributed by atoms with van der Waals surface area (Å²) in [5.41, 5.74) is -2.06. The number of halogens is 3. The number of rotatable bonds is 1. The molecule has 3 fully saturated rings. The lowest BCUT2D eigenvalue weighted by Gasteiger charge is -2.45. The Kier molecular flexibility index (Phi) is 4.74. The summed E-state index contributed by atoms with van der Waals surface area (Å²) in [6.07, 6.45) is -1.13. The van der Waals surface area contributed by atoms with Crippen molar-refractivity contribution in [2.24, 2.45) is 17.3 Å². The number of alkyl halides is 3. The van der Waals surface area contributed by atoms with Gasteiger partial charge < -0.3 is 9.64 Å². The van der Waals surface area contributed by atoms with Crippen LogP contribution in [0.4, 0.5) is 23.8 Å². The molecule has 0 aromatic carbocycles. The van der Waals surface area contributed by atoms with Gasteiger partial charge in [0.25, 0.3) is 0 Å². The lowest BCUT2D eigenvalue weighted by Crippen LogP contribution is -2.53. The summed E-state index contributed by atoms with van der Waals surface area (Å²) in [6, 6.07) is 0. The number of hydrogen-bond acceptors (Lipinski definition) is 5. The number of nitrogens with zero attached hydrogens (tertiary/aromatic N) is 4. The zero-order valence-electron chi connectivity index (χ0n) is 17.2. The summed E-state index contributed by atoms with van der Waals surface area (Å²) < 4.78 is 44.5. The average Bonchev–Trinajstić information content (AvgIpc) is 3.02. The van der Waals surface area contributed by atoms with E-state index in [-0.39, 0.29) is 41.5 Å². The SMILES string of the molecule is CC(C)(C)OC(=O)N1CC2CCC(C1)C21CC(=O)N(c2cncc(C(F)(F)F)n2)C1. The quantitative estimate of drug-likeness (QED) is 0.687. The highest BCUT2D eigenvalue weighted by atomic mass is 19.4. The molecule has 30 heavy (non-hydrogen) atoms. The van der Waals surface area contributed by atoms with Gasteiger partial charge in [-0.15, -0.1) is 0 Å². The van der Waals surface area contributed by atoms with Gasteiger partial charge in [0.15, 0.2) is 11.5 Å². The lowest BCUT2D eigenvalue weighted by atomic mass is 9.68. The van der Waals surface area contributed by atoms with Crippen molar-refractivity contribution in [1.82, 2.24) is 14.9 Å². The summed E-state index contributed by atoms with van der Waals surface area (Å²) in [7, 11) is 0. The molecule has 0 N–H and O–H groups in total. The number of carbonyl (C=O) groups is 2. The summed E-state index contributed by atoms with van der Waals surface area (Å²) in [5, 5.41) is 0. The van der Waals surface area contributed by atoms with E-state index in [9.17, 15) is 22.8 Å². The summed E-state index contributed by atoms with van der Waals surface area (Å²) in [4.78, 5) is 35.6. The first-order valence-corrected chi connectivity index (χ1v) is 10.1. The summed E-state index contributed by atoms with van der Waals surface area (Å²) in [6.45, 7) is 6.72. The van der Waals surface area contributed by atoms with E-state index in [1.165, 1.54) is 11.1 Å². The molecule has 2 bridgehead atoms. The Morgan fingerprint density at radius 2 is 1.80 bits per heavy atom. The molecule has 1 spiro atoms. The Morgan fingerprint density at radius 1 is 1.17 bits per heavy atom. The molecule has 1 aromatic rings. The van der Waals surface area contributed by atoms with Crippen LogP contribution in [0.25, 0.3) is 0 Å². The van der Waals surface area contributed by atoms with Gasteiger partial charge in [0.2, 0.25) is 5.91 Å². The van der Waals surface area contributed by atoms with Crippen molar-refractivity contribution in [3.05, 3.63) is 18.1 Å². The molecule has 1 aromatic heterocycles. The number of carbonyl (C=O) groups excluding carboxylic acids is 2. The predicted molar refractivity (Wildman–Crippen MR) is 100 cm³/mol. The first kappa shape index (κ1) is 20.9. The van der Waals surface area contributed by atoms with E-state index in [0.29, 0.717) is 25.8 Å². The summed E-state index contributed by atoms with van der Waals surface area (Å²) in [5.74, 6) is -0.125. The fourth-order valence-corrected chi connectivity index (χ4v) is 5.13. The number of ether oxygens (including phenoxy) is 1. The summed E-state index contributed by atoms with van der Waals surface area (Å²) >= 11 is 0. The van der Waals surface area contributed by atoms with Crippen LogP contribution in [0.1, 0.15) is 45.7 Å². The molecular weight excluding hydrogens is 401 g/mol. The highest BCUT2D eigenvalue weighted by Crippen LogP contribution is 2.57. The zero-order valence-corrected chi connectivity index (χ0v) is 17.2. The van der Waals surface area contributed by atoms with Crippen molar-refractivity contribution in [3.8, 4) is 0 Å². The second kappa shape index (κ2) is 6.81. The third-order valence-corrected chi connectivity index (χ3v) is 6.45. The van der Waals surface area contributed by atoms with Crippen LogP contribution in [0.3, 0.4) is 0 Å². The zero-order chi connectivity index (χ0) is 21.9. The smallest absolute Gasteiger partial charge is 0.434 e. The number of hydrogen-bond donors (Lipinski definition) is 0. The lowest BCUT2D eigenvalue weighted by molar-refractivity contribution is -0.141. The van der Waals surface area contributed by atoms with Crippen LogP contribution < -0.4 is 4.90 Å². The van der Waals surface area contributed by atoms with Crippen molar-refractivity contribution < 1.29 is 27.5 Å². The molecule has 7 nitrogen and oxygen atoms in total. The van der Waals surface area contributed by atoms with Gasteiger partial charge in [0.05, 0.1) is 12.4 Å². The minimum absolute atomic E-state index is 0.0688. The minimum Gasteiger partial charge on any atom is -0.444 e. The van der Waals surface area contributed by atoms with Gasteiger partial charge in [-0.05, 0) is 45.4 Å². The number of aromatic nitrogens is 2. The van der Waals surface area contributed by atoms with Crippen LogP contribution in [0.15, 0.2) is 12.4 Å². The Labute approximate surface area is 172 Å². The van der Waals surface area contributed by atoms with Crippen LogP contribution >= 0.6 is 0 Å². The van der Waals surface area contributed by atoms with E-state index in [4.69, 9.17) is 4.74 Å². The Balaban J connectivity index is 1.54. The topological polar surface area (TPSA) is 75.6 Å². The van der Waals surface area contributed by atoms with Gasteiger partial charge in [-0.2, -0.15) is 13.2 Å². The monoisotopic (exact) mass is 426 g/mol. The van der Waals surface area contributed by atoms with E-state index < -0.39 is 17.5 Å².